The van der Waals surface area contributed by atoms with E-state index in [-0.39, 0.29) is 0 Å². The van der Waals surface area contributed by atoms with Crippen LogP contribution in [0.4, 0.5) is 0 Å². The summed E-state index contributed by atoms with van der Waals surface area (Å²) < 4.78 is 48.1. The zero-order chi connectivity index (χ0) is 45.1. The van der Waals surface area contributed by atoms with E-state index in [2.05, 4.69) is 29.7 Å². The molecular formula is C50H60N8O8. The predicted molar refractivity (Wildman–Crippen MR) is 250 cm³/mol. The minimum Gasteiger partial charge on any atom is -0.491 e. The van der Waals surface area contributed by atoms with E-state index in [1.54, 1.807) is 24.8 Å². The summed E-state index contributed by atoms with van der Waals surface area (Å²) >= 11 is 0. The zero-order valence-electron chi connectivity index (χ0n) is 37.5. The van der Waals surface area contributed by atoms with E-state index in [0.29, 0.717) is 104 Å². The van der Waals surface area contributed by atoms with E-state index in [9.17, 15) is 0 Å². The number of pyridine rings is 6. The molecule has 0 atom stereocenters. The van der Waals surface area contributed by atoms with Crippen molar-refractivity contribution in [1.29, 1.82) is 0 Å². The second kappa shape index (κ2) is 28.3. The number of hydrogen-bond donors (Lipinski definition) is 0. The molecule has 1 fully saturated rings. The van der Waals surface area contributed by atoms with E-state index in [4.69, 9.17) is 47.9 Å². The summed E-state index contributed by atoms with van der Waals surface area (Å²) in [6, 6.07) is 30.6. The van der Waals surface area contributed by atoms with Gasteiger partial charge in [-0.25, -0.2) is 9.97 Å². The minimum atomic E-state index is 0.388. The van der Waals surface area contributed by atoms with Gasteiger partial charge in [0.25, 0.3) is 0 Å². The van der Waals surface area contributed by atoms with Gasteiger partial charge in [-0.1, -0.05) is 24.3 Å². The van der Waals surface area contributed by atoms with Gasteiger partial charge in [0, 0.05) is 88.3 Å². The summed E-state index contributed by atoms with van der Waals surface area (Å²) in [6.45, 7) is 11.7. The Hall–Kier alpha value is -5.82. The zero-order valence-corrected chi connectivity index (χ0v) is 37.5. The maximum Gasteiger partial charge on any atom is 0.123 e. The lowest BCUT2D eigenvalue weighted by atomic mass is 10.2. The van der Waals surface area contributed by atoms with Crippen LogP contribution in [0.25, 0.3) is 45.6 Å². The summed E-state index contributed by atoms with van der Waals surface area (Å²) in [5, 5.41) is 0. The lowest BCUT2D eigenvalue weighted by molar-refractivity contribution is -0.000372. The van der Waals surface area contributed by atoms with E-state index in [1.807, 2.05) is 97.1 Å². The van der Waals surface area contributed by atoms with E-state index in [0.717, 1.165) is 84.8 Å². The van der Waals surface area contributed by atoms with Crippen LogP contribution in [0, 0.1) is 0 Å². The van der Waals surface area contributed by atoms with Crippen molar-refractivity contribution < 1.29 is 37.9 Å². The molecule has 0 aromatic carbocycles. The molecule has 6 aromatic rings. The Labute approximate surface area is 387 Å². The van der Waals surface area contributed by atoms with Crippen LogP contribution in [0.1, 0.15) is 0 Å². The number of rotatable bonds is 18. The van der Waals surface area contributed by atoms with Crippen LogP contribution in [0.15, 0.2) is 122 Å². The molecule has 0 aliphatic carbocycles. The van der Waals surface area contributed by atoms with Crippen molar-refractivity contribution in [2.75, 3.05) is 132 Å². The highest BCUT2D eigenvalue weighted by Crippen LogP contribution is 2.28. The third-order valence-corrected chi connectivity index (χ3v) is 10.4. The maximum absolute atomic E-state index is 6.13. The van der Waals surface area contributed by atoms with Crippen LogP contribution in [0.2, 0.25) is 0 Å². The largest absolute Gasteiger partial charge is 0.491 e. The molecule has 16 heteroatoms. The third-order valence-electron chi connectivity index (χ3n) is 10.4. The highest BCUT2D eigenvalue weighted by molar-refractivity contribution is 5.65. The molecule has 348 valence electrons. The Morgan fingerprint density at radius 3 is 0.970 bits per heavy atom. The molecule has 0 saturated carbocycles. The first kappa shape index (κ1) is 48.1. The summed E-state index contributed by atoms with van der Waals surface area (Å²) in [5.41, 5.74) is 5.92. The predicted octanol–water partition coefficient (Wildman–Crippen LogP) is 5.90. The molecular weight excluding hydrogens is 841 g/mol. The Morgan fingerprint density at radius 2 is 0.682 bits per heavy atom. The first-order valence-electron chi connectivity index (χ1n) is 22.6. The monoisotopic (exact) mass is 900 g/mol. The maximum atomic E-state index is 6.13. The quantitative estimate of drug-likeness (QED) is 0.0939. The fourth-order valence-corrected chi connectivity index (χ4v) is 6.88. The Bertz CT molecular complexity index is 1940. The van der Waals surface area contributed by atoms with Crippen molar-refractivity contribution in [3.05, 3.63) is 122 Å². The number of ether oxygens (including phenoxy) is 8. The van der Waals surface area contributed by atoms with Crippen molar-refractivity contribution in [3.63, 3.8) is 0 Å². The average molecular weight is 901 g/mol. The molecule has 7 heterocycles. The normalized spacial score (nSPS) is 15.4. The Morgan fingerprint density at radius 1 is 0.364 bits per heavy atom. The molecule has 1 aliphatic heterocycles. The molecule has 0 spiro atoms. The van der Waals surface area contributed by atoms with E-state index < -0.39 is 0 Å². The summed E-state index contributed by atoms with van der Waals surface area (Å²) in [5.74, 6) is 1.36. The molecule has 7 rings (SSSR count). The number of nitrogens with zero attached hydrogens (tertiary/aromatic N) is 8. The Kier molecular flexibility index (Phi) is 20.6. The van der Waals surface area contributed by atoms with Gasteiger partial charge >= 0.3 is 0 Å². The molecule has 0 unspecified atom stereocenters. The van der Waals surface area contributed by atoms with Crippen LogP contribution < -0.4 is 9.47 Å². The van der Waals surface area contributed by atoms with Crippen LogP contribution in [0.5, 0.6) is 11.5 Å². The highest BCUT2D eigenvalue weighted by atomic mass is 16.5. The van der Waals surface area contributed by atoms with Crippen LogP contribution in [-0.2, 0) is 28.4 Å². The molecule has 6 aromatic heterocycles. The van der Waals surface area contributed by atoms with Crippen LogP contribution in [-0.4, -0.2) is 171 Å². The summed E-state index contributed by atoms with van der Waals surface area (Å²) in [7, 11) is 0. The number of hydrogen-bond acceptors (Lipinski definition) is 16. The molecule has 0 N–H and O–H groups in total. The first-order chi connectivity index (χ1) is 32.8. The van der Waals surface area contributed by atoms with Crippen molar-refractivity contribution in [2.24, 2.45) is 0 Å². The van der Waals surface area contributed by atoms with Crippen molar-refractivity contribution in [3.8, 4) is 57.1 Å². The molecule has 0 amide bonds. The lowest BCUT2D eigenvalue weighted by Crippen LogP contribution is -2.35. The molecule has 1 aliphatic rings. The van der Waals surface area contributed by atoms with Crippen LogP contribution >= 0.6 is 0 Å². The van der Waals surface area contributed by atoms with Gasteiger partial charge in [-0.2, -0.15) is 0 Å². The summed E-state index contributed by atoms with van der Waals surface area (Å²) in [6.07, 6.45) is 7.01. The van der Waals surface area contributed by atoms with E-state index in [1.165, 1.54) is 0 Å². The third kappa shape index (κ3) is 16.9. The van der Waals surface area contributed by atoms with Gasteiger partial charge in [0.05, 0.1) is 125 Å². The van der Waals surface area contributed by atoms with Gasteiger partial charge in [-0.05, 0) is 48.5 Å². The standard InChI is InChI=1S/C50H60N8O8/c1-5-13-51-43(9-1)47-37-41(38-48(55-47)44-10-2-6-14-52-44)65-35-33-63-27-21-57-17-23-59-29-31-61-25-19-58(20-26-62-32-30-60-24-18-57)22-28-64-34-36-66-42-39-49(45-11-3-7-15-53-45)56-50(40-42)46-12-4-8-16-54-46/h1-16,37-40H,17-36H2. The second-order valence-electron chi connectivity index (χ2n) is 15.1. The Balaban J connectivity index is 0.775. The van der Waals surface area contributed by atoms with Crippen molar-refractivity contribution in [2.45, 2.75) is 0 Å². The lowest BCUT2D eigenvalue weighted by Gasteiger charge is -2.23. The van der Waals surface area contributed by atoms with Gasteiger partial charge in [0.15, 0.2) is 0 Å². The SMILES string of the molecule is c1ccc(-c2cc(OCCOCCN3CCOCCOCCN(CCOCCOc4cc(-c5ccccn5)nc(-c5ccccn5)c4)CCOCCOCC3)cc(-c3ccccn3)n2)nc1. The van der Waals surface area contributed by atoms with Crippen LogP contribution in [0.3, 0.4) is 0 Å². The highest BCUT2D eigenvalue weighted by Gasteiger charge is 2.13. The molecule has 0 radical (unpaired) electrons. The number of aromatic nitrogens is 6. The topological polar surface area (TPSA) is 158 Å². The molecule has 1 saturated heterocycles. The fourth-order valence-electron chi connectivity index (χ4n) is 6.88. The van der Waals surface area contributed by atoms with Gasteiger partial charge in [0.1, 0.15) is 24.7 Å². The smallest absolute Gasteiger partial charge is 0.123 e. The van der Waals surface area contributed by atoms with Gasteiger partial charge in [0.2, 0.25) is 0 Å². The molecule has 0 bridgehead atoms. The second-order valence-corrected chi connectivity index (χ2v) is 15.1. The van der Waals surface area contributed by atoms with Crippen molar-refractivity contribution >= 4 is 0 Å². The fraction of sp³-hybridized carbons (Fsp3) is 0.400. The average Bonchev–Trinajstić information content (AvgIpc) is 3.37. The first-order valence-corrected chi connectivity index (χ1v) is 22.6. The van der Waals surface area contributed by atoms with Crippen molar-refractivity contribution in [1.82, 2.24) is 39.7 Å². The van der Waals surface area contributed by atoms with Gasteiger partial charge in [-0.3, -0.25) is 29.7 Å². The van der Waals surface area contributed by atoms with Gasteiger partial charge < -0.3 is 37.9 Å². The molecule has 66 heavy (non-hydrogen) atoms. The molecule has 16 nitrogen and oxygen atoms in total. The minimum absolute atomic E-state index is 0.388. The van der Waals surface area contributed by atoms with Gasteiger partial charge in [-0.15, -0.1) is 0 Å². The summed E-state index contributed by atoms with van der Waals surface area (Å²) in [4.78, 5) is 32.1. The van der Waals surface area contributed by atoms with E-state index >= 15 is 0 Å².